The Morgan fingerprint density at radius 2 is 1.35 bits per heavy atom. The van der Waals surface area contributed by atoms with Gasteiger partial charge in [-0.15, -0.1) is 0 Å². The summed E-state index contributed by atoms with van der Waals surface area (Å²) in [6.45, 7) is 1.83. The normalized spacial score (nSPS) is 17.5. The molecule has 0 saturated heterocycles. The Morgan fingerprint density at radius 3 is 2.02 bits per heavy atom. The molecule has 0 bridgehead atoms. The zero-order valence-corrected chi connectivity index (χ0v) is 28.4. The Balaban J connectivity index is 1.22. The first-order valence-electron chi connectivity index (χ1n) is 17.6. The summed E-state index contributed by atoms with van der Waals surface area (Å²) in [6, 6.07) is 46.1. The molecule has 51 heavy (non-hydrogen) atoms. The predicted octanol–water partition coefficient (Wildman–Crippen LogP) is 11.4. The van der Waals surface area contributed by atoms with E-state index in [1.165, 1.54) is 11.3 Å². The zero-order valence-electron chi connectivity index (χ0n) is 28.4. The molecule has 0 radical (unpaired) electrons. The first-order valence-corrected chi connectivity index (χ1v) is 17.6. The monoisotopic (exact) mass is 663 g/mol. The molecule has 5 heteroatoms. The average molecular weight is 664 g/mol. The zero-order chi connectivity index (χ0) is 34.3. The molecule has 2 unspecified atom stereocenters. The lowest BCUT2D eigenvalue weighted by atomic mass is 9.89. The Labute approximate surface area is 298 Å². The third-order valence-corrected chi connectivity index (χ3v) is 10.0. The second-order valence-corrected chi connectivity index (χ2v) is 13.3. The van der Waals surface area contributed by atoms with Gasteiger partial charge in [0.05, 0.1) is 11.4 Å². The smallest absolute Gasteiger partial charge is 0.192 e. The van der Waals surface area contributed by atoms with Gasteiger partial charge in [-0.3, -0.25) is 4.79 Å². The topological polar surface area (TPSA) is 39.9 Å². The second-order valence-electron chi connectivity index (χ2n) is 13.3. The number of hydrogen-bond acceptors (Lipinski definition) is 5. The molecule has 3 aliphatic rings. The lowest BCUT2D eigenvalue weighted by Gasteiger charge is -2.34. The summed E-state index contributed by atoms with van der Waals surface area (Å²) in [5, 5.41) is 0.589. The van der Waals surface area contributed by atoms with Crippen LogP contribution in [0.1, 0.15) is 30.1 Å². The highest BCUT2D eigenvalue weighted by Crippen LogP contribution is 2.51. The van der Waals surface area contributed by atoms with Crippen molar-refractivity contribution >= 4 is 45.1 Å². The number of para-hydroxylation sites is 3. The van der Waals surface area contributed by atoms with Crippen molar-refractivity contribution in [3.63, 3.8) is 0 Å². The quantitative estimate of drug-likeness (QED) is 0.170. The van der Waals surface area contributed by atoms with Crippen LogP contribution in [0.15, 0.2) is 191 Å². The summed E-state index contributed by atoms with van der Waals surface area (Å²) < 4.78 is 6.10. The number of nitrogens with zero attached hydrogens (tertiary/aromatic N) is 3. The van der Waals surface area contributed by atoms with Gasteiger partial charge >= 0.3 is 0 Å². The van der Waals surface area contributed by atoms with Gasteiger partial charge in [0, 0.05) is 63.6 Å². The van der Waals surface area contributed by atoms with E-state index in [2.05, 4.69) is 166 Å². The molecule has 0 fully saturated rings. The van der Waals surface area contributed by atoms with Gasteiger partial charge in [0.25, 0.3) is 0 Å². The Morgan fingerprint density at radius 1 is 0.667 bits per heavy atom. The standard InChI is InChI=1S/C46H37N3O2/c1-32-28-45(50)40-25-22-39(31-46(40)51-32)49-43-26-23-37(47(33-14-6-2-7-15-33)34-16-8-3-9-17-34)29-41(43)42-30-38(24-27-44(42)49)48(35-18-10-4-11-19-35)36-20-12-5-13-21-36/h2-4,6-12,14-31,42,44H,5,13H2,1H3. The van der Waals surface area contributed by atoms with Gasteiger partial charge in [0.2, 0.25) is 0 Å². The lowest BCUT2D eigenvalue weighted by molar-refractivity contribution is 0.564. The largest absolute Gasteiger partial charge is 0.461 e. The minimum absolute atomic E-state index is 0.0170. The average Bonchev–Trinajstić information content (AvgIpc) is 3.49. The number of benzene rings is 5. The fourth-order valence-corrected chi connectivity index (χ4v) is 7.77. The van der Waals surface area contributed by atoms with E-state index in [0.717, 1.165) is 52.7 Å². The van der Waals surface area contributed by atoms with Gasteiger partial charge in [0.1, 0.15) is 11.3 Å². The maximum atomic E-state index is 12.8. The molecule has 2 heterocycles. The van der Waals surface area contributed by atoms with E-state index in [-0.39, 0.29) is 17.4 Å². The van der Waals surface area contributed by atoms with Gasteiger partial charge in [0.15, 0.2) is 5.43 Å². The molecular formula is C46H37N3O2. The SMILES string of the molecule is Cc1cc(=O)c2ccc(N3c4ccc(N(c5ccccc5)c5ccccc5)cc4C4C=C(N(C5=CCCC=C5)c5ccccc5)C=CC43)cc2o1. The Bertz CT molecular complexity index is 2390. The Kier molecular flexibility index (Phi) is 7.74. The predicted molar refractivity (Wildman–Crippen MR) is 210 cm³/mol. The van der Waals surface area contributed by atoms with Crippen LogP contribution >= 0.6 is 0 Å². The number of fused-ring (bicyclic) bond motifs is 4. The van der Waals surface area contributed by atoms with E-state index in [9.17, 15) is 4.79 Å². The maximum absolute atomic E-state index is 12.8. The van der Waals surface area contributed by atoms with Crippen molar-refractivity contribution in [2.24, 2.45) is 0 Å². The molecule has 5 nitrogen and oxygen atoms in total. The van der Waals surface area contributed by atoms with Gasteiger partial charge in [-0.1, -0.05) is 78.9 Å². The molecule has 1 aliphatic heterocycles. The van der Waals surface area contributed by atoms with Crippen molar-refractivity contribution in [1.29, 1.82) is 0 Å². The fraction of sp³-hybridized carbons (Fsp3) is 0.109. The molecule has 6 aromatic rings. The number of anilines is 6. The third kappa shape index (κ3) is 5.57. The van der Waals surface area contributed by atoms with E-state index < -0.39 is 0 Å². The summed E-state index contributed by atoms with van der Waals surface area (Å²) in [4.78, 5) is 19.9. The first kappa shape index (κ1) is 30.7. The van der Waals surface area contributed by atoms with Crippen LogP contribution < -0.4 is 20.1 Å². The maximum Gasteiger partial charge on any atom is 0.192 e. The summed E-state index contributed by atoms with van der Waals surface area (Å²) >= 11 is 0. The summed E-state index contributed by atoms with van der Waals surface area (Å²) in [5.74, 6) is 0.654. The van der Waals surface area contributed by atoms with Crippen LogP contribution in [0.3, 0.4) is 0 Å². The third-order valence-electron chi connectivity index (χ3n) is 10.0. The molecule has 0 N–H and O–H groups in total. The first-order chi connectivity index (χ1) is 25.1. The summed E-state index contributed by atoms with van der Waals surface area (Å²) in [5.41, 5.74) is 10.7. The number of rotatable bonds is 7. The molecule has 9 rings (SSSR count). The van der Waals surface area contributed by atoms with Crippen LogP contribution in [0.5, 0.6) is 0 Å². The van der Waals surface area contributed by atoms with E-state index in [1.54, 1.807) is 6.07 Å². The van der Waals surface area contributed by atoms with Crippen molar-refractivity contribution < 1.29 is 4.42 Å². The van der Waals surface area contributed by atoms with E-state index in [0.29, 0.717) is 16.7 Å². The number of allylic oxidation sites excluding steroid dienone is 4. The molecule has 0 amide bonds. The molecule has 5 aromatic carbocycles. The molecule has 0 saturated carbocycles. The van der Waals surface area contributed by atoms with Crippen LogP contribution in [0.25, 0.3) is 11.0 Å². The number of aryl methyl sites for hydroxylation is 1. The number of hydrogen-bond donors (Lipinski definition) is 0. The van der Waals surface area contributed by atoms with Gasteiger partial charge in [-0.05, 0) is 104 Å². The van der Waals surface area contributed by atoms with E-state index in [1.807, 2.05) is 19.1 Å². The van der Waals surface area contributed by atoms with E-state index in [4.69, 9.17) is 4.42 Å². The highest BCUT2D eigenvalue weighted by Gasteiger charge is 2.40. The minimum atomic E-state index is -0.0243. The van der Waals surface area contributed by atoms with Crippen LogP contribution in [-0.4, -0.2) is 6.04 Å². The van der Waals surface area contributed by atoms with Crippen molar-refractivity contribution in [2.75, 3.05) is 14.7 Å². The molecular weight excluding hydrogens is 627 g/mol. The van der Waals surface area contributed by atoms with Gasteiger partial charge in [-0.2, -0.15) is 0 Å². The minimum Gasteiger partial charge on any atom is -0.461 e. The highest BCUT2D eigenvalue weighted by atomic mass is 16.3. The molecule has 248 valence electrons. The summed E-state index contributed by atoms with van der Waals surface area (Å²) in [6.07, 6.45) is 16.0. The van der Waals surface area contributed by atoms with Crippen LogP contribution in [0.4, 0.5) is 34.1 Å². The molecule has 0 spiro atoms. The van der Waals surface area contributed by atoms with E-state index >= 15 is 0 Å². The van der Waals surface area contributed by atoms with Crippen LogP contribution in [0.2, 0.25) is 0 Å². The second kappa shape index (κ2) is 12.8. The lowest BCUT2D eigenvalue weighted by Crippen LogP contribution is -2.31. The van der Waals surface area contributed by atoms with Gasteiger partial charge < -0.3 is 19.1 Å². The molecule has 2 atom stereocenters. The van der Waals surface area contributed by atoms with Crippen LogP contribution in [-0.2, 0) is 0 Å². The highest BCUT2D eigenvalue weighted by molar-refractivity contribution is 5.87. The van der Waals surface area contributed by atoms with Gasteiger partial charge in [-0.25, -0.2) is 0 Å². The van der Waals surface area contributed by atoms with Crippen molar-refractivity contribution in [3.05, 3.63) is 203 Å². The molecule has 1 aromatic heterocycles. The van der Waals surface area contributed by atoms with Crippen molar-refractivity contribution in [1.82, 2.24) is 0 Å². The summed E-state index contributed by atoms with van der Waals surface area (Å²) in [7, 11) is 0. The fourth-order valence-electron chi connectivity index (χ4n) is 7.77. The van der Waals surface area contributed by atoms with Crippen LogP contribution in [0, 0.1) is 6.92 Å². The van der Waals surface area contributed by atoms with Crippen molar-refractivity contribution in [3.8, 4) is 0 Å². The Hall–Kier alpha value is -6.33. The molecule has 2 aliphatic carbocycles. The van der Waals surface area contributed by atoms with Crippen molar-refractivity contribution in [2.45, 2.75) is 31.7 Å².